The second-order valence-electron chi connectivity index (χ2n) is 31.3. The first kappa shape index (κ1) is 102. The Bertz CT molecular complexity index is 2500. The van der Waals surface area contributed by atoms with Crippen molar-refractivity contribution in [2.24, 2.45) is 0 Å². The van der Waals surface area contributed by atoms with Gasteiger partial charge in [-0.05, 0) is 89.9 Å². The van der Waals surface area contributed by atoms with Crippen LogP contribution in [0.1, 0.15) is 328 Å². The van der Waals surface area contributed by atoms with Crippen LogP contribution in [-0.4, -0.2) is 193 Å². The normalized spacial score (nSPS) is 25.5. The molecular formula is C93H161NO18. The molecule has 3 rings (SSSR count). The van der Waals surface area contributed by atoms with Crippen LogP contribution in [0.25, 0.3) is 0 Å². The van der Waals surface area contributed by atoms with E-state index in [0.29, 0.717) is 6.42 Å². The number of nitrogens with one attached hydrogen (secondary N) is 1. The number of allylic oxidation sites excluding steroid dienone is 19. The van der Waals surface area contributed by atoms with E-state index in [-0.39, 0.29) is 18.9 Å². The summed E-state index contributed by atoms with van der Waals surface area (Å²) in [5.74, 6) is -0.283. The highest BCUT2D eigenvalue weighted by atomic mass is 16.8. The largest absolute Gasteiger partial charge is 0.394 e. The molecule has 0 saturated carbocycles. The Morgan fingerprint density at radius 3 is 0.964 bits per heavy atom. The summed E-state index contributed by atoms with van der Waals surface area (Å²) in [4.78, 5) is 13.5. The van der Waals surface area contributed by atoms with Gasteiger partial charge in [0.25, 0.3) is 0 Å². The van der Waals surface area contributed by atoms with Crippen molar-refractivity contribution in [2.75, 3.05) is 26.4 Å². The van der Waals surface area contributed by atoms with Crippen molar-refractivity contribution in [1.29, 1.82) is 0 Å². The molecule has 0 bridgehead atoms. The predicted molar refractivity (Wildman–Crippen MR) is 452 cm³/mol. The Morgan fingerprint density at radius 1 is 0.330 bits per heavy atom. The molecule has 1 amide bonds. The summed E-state index contributed by atoms with van der Waals surface area (Å²) in [6.45, 7) is 1.65. The van der Waals surface area contributed by atoms with Crippen LogP contribution >= 0.6 is 0 Å². The average molecular weight is 1580 g/mol. The zero-order chi connectivity index (χ0) is 81.0. The highest BCUT2D eigenvalue weighted by Crippen LogP contribution is 2.33. The summed E-state index contributed by atoms with van der Waals surface area (Å²) in [6.07, 6.45) is 74.7. The summed E-state index contributed by atoms with van der Waals surface area (Å²) in [6, 6.07) is -0.987. The molecule has 3 saturated heterocycles. The predicted octanol–water partition coefficient (Wildman–Crippen LogP) is 17.0. The summed E-state index contributed by atoms with van der Waals surface area (Å²) in [7, 11) is 0. The van der Waals surface area contributed by atoms with Crippen molar-refractivity contribution in [1.82, 2.24) is 5.32 Å². The molecule has 0 spiro atoms. The Labute approximate surface area is 678 Å². The highest BCUT2D eigenvalue weighted by Gasteiger charge is 2.54. The van der Waals surface area contributed by atoms with Gasteiger partial charge in [-0.1, -0.05) is 354 Å². The van der Waals surface area contributed by atoms with E-state index in [4.69, 9.17) is 28.4 Å². The number of aliphatic hydroxyl groups excluding tert-OH is 11. The quantitative estimate of drug-likeness (QED) is 0.0199. The van der Waals surface area contributed by atoms with E-state index >= 15 is 0 Å². The number of hydrogen-bond acceptors (Lipinski definition) is 18. The van der Waals surface area contributed by atoms with Crippen LogP contribution in [0.15, 0.2) is 122 Å². The van der Waals surface area contributed by atoms with E-state index in [2.05, 4.69) is 129 Å². The number of unbranched alkanes of at least 4 members (excludes halogenated alkanes) is 37. The number of hydrogen-bond donors (Lipinski definition) is 12. The highest BCUT2D eigenvalue weighted by molar-refractivity contribution is 5.76. The molecule has 3 fully saturated rings. The minimum absolute atomic E-state index is 0.229. The summed E-state index contributed by atoms with van der Waals surface area (Å²) < 4.78 is 34.5. The van der Waals surface area contributed by atoms with E-state index < -0.39 is 124 Å². The van der Waals surface area contributed by atoms with Gasteiger partial charge in [-0.25, -0.2) is 0 Å². The van der Waals surface area contributed by atoms with Crippen LogP contribution < -0.4 is 5.32 Å². The smallest absolute Gasteiger partial charge is 0.220 e. The lowest BCUT2D eigenvalue weighted by Crippen LogP contribution is -2.66. The summed E-state index contributed by atoms with van der Waals surface area (Å²) >= 11 is 0. The molecule has 0 aromatic carbocycles. The Hall–Kier alpha value is -3.81. The van der Waals surface area contributed by atoms with Gasteiger partial charge in [-0.3, -0.25) is 4.79 Å². The Balaban J connectivity index is 1.35. The summed E-state index contributed by atoms with van der Waals surface area (Å²) in [5, 5.41) is 121. The third-order valence-corrected chi connectivity index (χ3v) is 21.5. The Morgan fingerprint density at radius 2 is 0.616 bits per heavy atom. The molecule has 17 atom stereocenters. The lowest BCUT2D eigenvalue weighted by Gasteiger charge is -2.48. The fourth-order valence-electron chi connectivity index (χ4n) is 14.4. The van der Waals surface area contributed by atoms with Crippen molar-refractivity contribution >= 4 is 5.91 Å². The molecule has 19 heteroatoms. The first-order valence-electron chi connectivity index (χ1n) is 44.8. The van der Waals surface area contributed by atoms with Gasteiger partial charge in [-0.2, -0.15) is 0 Å². The zero-order valence-corrected chi connectivity index (χ0v) is 69.6. The van der Waals surface area contributed by atoms with E-state index in [0.717, 1.165) is 116 Å². The maximum atomic E-state index is 13.5. The number of aliphatic hydroxyl groups is 11. The molecule has 646 valence electrons. The average Bonchev–Trinajstić information content (AvgIpc) is 0.781. The molecule has 0 radical (unpaired) electrons. The summed E-state index contributed by atoms with van der Waals surface area (Å²) in [5.41, 5.74) is 0. The molecular weight excluding hydrogens is 1420 g/mol. The number of carbonyl (C=O) groups is 1. The van der Waals surface area contributed by atoms with Crippen molar-refractivity contribution in [3.05, 3.63) is 122 Å². The molecule has 3 heterocycles. The maximum Gasteiger partial charge on any atom is 0.220 e. The van der Waals surface area contributed by atoms with Crippen LogP contribution in [0, 0.1) is 0 Å². The van der Waals surface area contributed by atoms with Gasteiger partial charge in [0.2, 0.25) is 5.91 Å². The molecule has 17 unspecified atom stereocenters. The molecule has 0 aliphatic carbocycles. The van der Waals surface area contributed by atoms with Gasteiger partial charge in [0.1, 0.15) is 73.2 Å². The third kappa shape index (κ3) is 49.4. The molecule has 112 heavy (non-hydrogen) atoms. The minimum Gasteiger partial charge on any atom is -0.394 e. The Kier molecular flexibility index (Phi) is 65.2. The van der Waals surface area contributed by atoms with Gasteiger partial charge in [0, 0.05) is 6.42 Å². The molecule has 19 nitrogen and oxygen atoms in total. The second-order valence-corrected chi connectivity index (χ2v) is 31.3. The van der Waals surface area contributed by atoms with Gasteiger partial charge in [0.05, 0.1) is 38.6 Å². The number of ether oxygens (including phenoxy) is 6. The van der Waals surface area contributed by atoms with Gasteiger partial charge >= 0.3 is 0 Å². The number of rotatable bonds is 71. The fourth-order valence-corrected chi connectivity index (χ4v) is 14.4. The first-order chi connectivity index (χ1) is 54.8. The van der Waals surface area contributed by atoms with E-state index in [1.165, 1.54) is 186 Å². The molecule has 12 N–H and O–H groups in total. The van der Waals surface area contributed by atoms with Crippen LogP contribution in [0.5, 0.6) is 0 Å². The maximum absolute atomic E-state index is 13.5. The monoisotopic (exact) mass is 1580 g/mol. The molecule has 3 aliphatic heterocycles. The van der Waals surface area contributed by atoms with E-state index in [9.17, 15) is 61.0 Å². The van der Waals surface area contributed by atoms with Crippen LogP contribution in [0.4, 0.5) is 0 Å². The zero-order valence-electron chi connectivity index (χ0n) is 69.6. The minimum atomic E-state index is -1.99. The third-order valence-electron chi connectivity index (χ3n) is 21.5. The lowest BCUT2D eigenvalue weighted by molar-refractivity contribution is -0.379. The SMILES string of the molecule is CC/C=C\C/C=C\C/C=C\C/C=C\C/C=C\C/C=C\C/C=C\C/C=C\C/C=C\CCCCCCCCCCCC(=O)NC(COC1OC(CO)C(OC2OC(CO)C(OC3OC(CO)C(O)C(O)C3O)C(O)C2O)C(O)C1O)C(O)/C=C/CCCCCCCCCCCCCCCCCCCCCCCCCCCCCC. The van der Waals surface area contributed by atoms with Gasteiger partial charge < -0.3 is 89.9 Å². The van der Waals surface area contributed by atoms with Crippen LogP contribution in [-0.2, 0) is 33.2 Å². The number of amides is 1. The standard InChI is InChI=1S/C93H161NO18/c1-3-5-7-9-11-13-15-17-19-21-23-25-27-29-31-33-35-36-37-38-39-40-41-43-45-47-49-51-53-55-57-59-61-63-65-67-69-71-81(99)94-76(77(98)70-68-66-64-62-60-58-56-54-52-50-48-46-44-42-34-32-30-28-26-24-22-20-18-16-14-12-10-8-6-4-2)75-107-91-87(105)84(102)89(79(73-96)109-91)112-93-88(106)85(103)90(80(74-97)110-93)111-92-86(104)83(101)82(100)78(72-95)108-92/h5,7,11,13,17,19,23,25,29,31,35-36,38-39,41,43,47,49,68,70,76-80,82-93,95-98,100-106H,3-4,6,8-10,12,14-16,18,20-22,24,26-28,30,32-34,37,40,42,44-46,48,50-67,69,71-75H2,1-2H3,(H,94,99)/b7-5-,13-11-,19-17-,25-23-,31-29-,36-35-,39-38-,43-41-,49-47-,70-68+. The molecule has 3 aliphatic rings. The van der Waals surface area contributed by atoms with Crippen molar-refractivity contribution < 1.29 is 89.4 Å². The van der Waals surface area contributed by atoms with E-state index in [1.807, 2.05) is 6.08 Å². The van der Waals surface area contributed by atoms with Crippen LogP contribution in [0.3, 0.4) is 0 Å². The first-order valence-corrected chi connectivity index (χ1v) is 44.8. The van der Waals surface area contributed by atoms with Crippen molar-refractivity contribution in [3.63, 3.8) is 0 Å². The molecule has 0 aromatic rings. The topological polar surface area (TPSA) is 307 Å². The fraction of sp³-hybridized carbons (Fsp3) is 0.774. The number of carbonyl (C=O) groups excluding carboxylic acids is 1. The van der Waals surface area contributed by atoms with Crippen LogP contribution in [0.2, 0.25) is 0 Å². The van der Waals surface area contributed by atoms with Gasteiger partial charge in [-0.15, -0.1) is 0 Å². The lowest BCUT2D eigenvalue weighted by atomic mass is 9.96. The van der Waals surface area contributed by atoms with Crippen molar-refractivity contribution in [3.8, 4) is 0 Å². The van der Waals surface area contributed by atoms with Gasteiger partial charge in [0.15, 0.2) is 18.9 Å². The molecule has 0 aromatic heterocycles. The second kappa shape index (κ2) is 71.3. The van der Waals surface area contributed by atoms with Crippen molar-refractivity contribution in [2.45, 2.75) is 433 Å². The van der Waals surface area contributed by atoms with E-state index in [1.54, 1.807) is 6.08 Å².